The molecule has 4 atom stereocenters. The molecular weight excluding hydrogens is 414 g/mol. The first kappa shape index (κ1) is 22.3. The minimum absolute atomic E-state index is 0.410. The van der Waals surface area contributed by atoms with Gasteiger partial charge in [0.05, 0.1) is 24.1 Å². The van der Waals surface area contributed by atoms with Gasteiger partial charge < -0.3 is 14.4 Å². The van der Waals surface area contributed by atoms with Gasteiger partial charge in [-0.25, -0.2) is 0 Å². The molecule has 33 heavy (non-hydrogen) atoms. The number of anilines is 1. The van der Waals surface area contributed by atoms with Crippen molar-refractivity contribution >= 4 is 11.6 Å². The Bertz CT molecular complexity index is 1170. The highest BCUT2D eigenvalue weighted by Gasteiger charge is 2.79. The predicted molar refractivity (Wildman–Crippen MR) is 122 cm³/mol. The lowest BCUT2D eigenvalue weighted by atomic mass is 9.53. The minimum atomic E-state index is -1.97. The maximum absolute atomic E-state index is 10.4. The molecule has 2 saturated heterocycles. The third-order valence-corrected chi connectivity index (χ3v) is 7.17. The van der Waals surface area contributed by atoms with Crippen LogP contribution in [0.2, 0.25) is 0 Å². The summed E-state index contributed by atoms with van der Waals surface area (Å²) in [5, 5.41) is 39.7. The first-order valence-electron chi connectivity index (χ1n) is 11.0. The Balaban J connectivity index is 1.94. The van der Waals surface area contributed by atoms with E-state index in [1.165, 1.54) is 0 Å². The van der Waals surface area contributed by atoms with E-state index in [9.17, 15) is 15.8 Å². The molecule has 2 aromatic rings. The van der Waals surface area contributed by atoms with Crippen molar-refractivity contribution in [2.75, 3.05) is 18.0 Å². The van der Waals surface area contributed by atoms with E-state index >= 15 is 0 Å². The van der Waals surface area contributed by atoms with Crippen LogP contribution in [-0.4, -0.2) is 19.0 Å². The summed E-state index contributed by atoms with van der Waals surface area (Å²) < 4.78 is 12.5. The third-order valence-electron chi connectivity index (χ3n) is 7.17. The summed E-state index contributed by atoms with van der Waals surface area (Å²) in [4.78, 5) is 2.18. The Kier molecular flexibility index (Phi) is 5.36. The standard InChI is InChI=1S/C26H25N5O2/c1-4-31(5-2)21-13-11-19(12-14-21)22-24(15-27,16-28)25(17-29)18(3)26(32-22,33-23(25)30)20-9-7-6-8-10-20/h6-14,18,22,30H,4-5H2,1-3H3. The van der Waals surface area contributed by atoms with E-state index in [2.05, 4.69) is 37.0 Å². The SMILES string of the molecule is CCN(CC)c1ccc(C2OC3(c4ccccc4)OC(=N)C(C#N)(C3C)C2(C#N)C#N)cc1. The zero-order valence-corrected chi connectivity index (χ0v) is 18.9. The van der Waals surface area contributed by atoms with Crippen molar-refractivity contribution in [1.82, 2.24) is 0 Å². The molecule has 7 nitrogen and oxygen atoms in total. The summed E-state index contributed by atoms with van der Waals surface area (Å²) >= 11 is 0. The van der Waals surface area contributed by atoms with Crippen LogP contribution in [0.15, 0.2) is 54.6 Å². The number of nitriles is 3. The summed E-state index contributed by atoms with van der Waals surface area (Å²) in [6.45, 7) is 7.53. The molecule has 0 aromatic heterocycles. The molecular formula is C26H25N5O2. The smallest absolute Gasteiger partial charge is 0.244 e. The molecule has 2 aliphatic rings. The van der Waals surface area contributed by atoms with Crippen molar-refractivity contribution in [3.05, 3.63) is 65.7 Å². The van der Waals surface area contributed by atoms with Gasteiger partial charge in [0.2, 0.25) is 17.1 Å². The largest absolute Gasteiger partial charge is 0.443 e. The molecule has 2 aromatic carbocycles. The van der Waals surface area contributed by atoms with E-state index in [0.717, 1.165) is 18.8 Å². The number of nitrogens with one attached hydrogen (secondary N) is 1. The van der Waals surface area contributed by atoms with Gasteiger partial charge in [-0.2, -0.15) is 15.8 Å². The molecule has 4 unspecified atom stereocenters. The van der Waals surface area contributed by atoms with E-state index in [4.69, 9.17) is 14.9 Å². The summed E-state index contributed by atoms with van der Waals surface area (Å²) in [6, 6.07) is 22.9. The Morgan fingerprint density at radius 1 is 0.939 bits per heavy atom. The number of rotatable bonds is 5. The molecule has 0 amide bonds. The molecule has 4 rings (SSSR count). The summed E-state index contributed by atoms with van der Waals surface area (Å²) in [5.41, 5.74) is -1.55. The van der Waals surface area contributed by atoms with Crippen LogP contribution in [0.4, 0.5) is 5.69 Å². The van der Waals surface area contributed by atoms with Gasteiger partial charge in [0.15, 0.2) is 5.41 Å². The Labute approximate surface area is 193 Å². The second-order valence-electron chi connectivity index (χ2n) is 8.40. The molecule has 0 radical (unpaired) electrons. The topological polar surface area (TPSA) is 117 Å². The Morgan fingerprint density at radius 2 is 1.55 bits per heavy atom. The fourth-order valence-electron chi connectivity index (χ4n) is 5.29. The van der Waals surface area contributed by atoms with Crippen molar-refractivity contribution < 1.29 is 9.47 Å². The number of nitrogens with zero attached hydrogens (tertiary/aromatic N) is 4. The van der Waals surface area contributed by atoms with Crippen LogP contribution in [0.25, 0.3) is 0 Å². The summed E-state index contributed by atoms with van der Waals surface area (Å²) in [7, 11) is 0. The van der Waals surface area contributed by atoms with Crippen LogP contribution in [0.5, 0.6) is 0 Å². The molecule has 0 spiro atoms. The van der Waals surface area contributed by atoms with Crippen molar-refractivity contribution in [2.45, 2.75) is 32.7 Å². The fraction of sp³-hybridized carbons (Fsp3) is 0.385. The van der Waals surface area contributed by atoms with Crippen LogP contribution in [0.3, 0.4) is 0 Å². The van der Waals surface area contributed by atoms with Crippen LogP contribution in [-0.2, 0) is 15.3 Å². The molecule has 166 valence electrons. The van der Waals surface area contributed by atoms with Crippen LogP contribution < -0.4 is 4.90 Å². The van der Waals surface area contributed by atoms with E-state index in [-0.39, 0.29) is 0 Å². The number of hydrogen-bond acceptors (Lipinski definition) is 7. The predicted octanol–water partition coefficient (Wildman–Crippen LogP) is 4.64. The second-order valence-corrected chi connectivity index (χ2v) is 8.40. The summed E-state index contributed by atoms with van der Waals surface area (Å²) in [6.07, 6.45) is -1.10. The molecule has 0 saturated carbocycles. The van der Waals surface area contributed by atoms with Crippen molar-refractivity contribution in [3.63, 3.8) is 0 Å². The monoisotopic (exact) mass is 439 g/mol. The average molecular weight is 440 g/mol. The first-order chi connectivity index (χ1) is 15.9. The first-order valence-corrected chi connectivity index (χ1v) is 11.0. The average Bonchev–Trinajstić information content (AvgIpc) is 3.02. The minimum Gasteiger partial charge on any atom is -0.443 e. The summed E-state index contributed by atoms with van der Waals surface area (Å²) in [5.74, 6) is -2.64. The van der Waals surface area contributed by atoms with Crippen LogP contribution in [0.1, 0.15) is 38.0 Å². The molecule has 2 bridgehead atoms. The van der Waals surface area contributed by atoms with Crippen molar-refractivity contribution in [2.24, 2.45) is 16.7 Å². The highest BCUT2D eigenvalue weighted by Crippen LogP contribution is 2.68. The lowest BCUT2D eigenvalue weighted by molar-refractivity contribution is -0.288. The highest BCUT2D eigenvalue weighted by molar-refractivity contribution is 5.89. The maximum atomic E-state index is 10.4. The third kappa shape index (κ3) is 2.72. The van der Waals surface area contributed by atoms with Gasteiger partial charge in [0.25, 0.3) is 0 Å². The number of ether oxygens (including phenoxy) is 2. The van der Waals surface area contributed by atoms with E-state index in [1.54, 1.807) is 6.92 Å². The van der Waals surface area contributed by atoms with E-state index < -0.39 is 34.5 Å². The van der Waals surface area contributed by atoms with Gasteiger partial charge >= 0.3 is 0 Å². The molecule has 2 aliphatic heterocycles. The highest BCUT2D eigenvalue weighted by atomic mass is 16.7. The quantitative estimate of drug-likeness (QED) is 0.725. The number of hydrogen-bond donors (Lipinski definition) is 1. The Morgan fingerprint density at radius 3 is 2.06 bits per heavy atom. The Hall–Kier alpha value is -3.86. The van der Waals surface area contributed by atoms with Gasteiger partial charge in [-0.3, -0.25) is 5.41 Å². The molecule has 2 fully saturated rings. The number of benzene rings is 2. The normalized spacial score (nSPS) is 29.3. The van der Waals surface area contributed by atoms with Crippen molar-refractivity contribution in [1.29, 1.82) is 21.2 Å². The molecule has 1 N–H and O–H groups in total. The molecule has 0 aliphatic carbocycles. The molecule has 2 heterocycles. The lowest BCUT2D eigenvalue weighted by Gasteiger charge is -2.48. The van der Waals surface area contributed by atoms with Gasteiger partial charge in [0, 0.05) is 24.3 Å². The van der Waals surface area contributed by atoms with Gasteiger partial charge in [-0.05, 0) is 31.5 Å². The van der Waals surface area contributed by atoms with Gasteiger partial charge in [-0.1, -0.05) is 49.4 Å². The lowest BCUT2D eigenvalue weighted by Crippen LogP contribution is -2.57. The maximum Gasteiger partial charge on any atom is 0.244 e. The zero-order chi connectivity index (χ0) is 23.9. The fourth-order valence-corrected chi connectivity index (χ4v) is 5.29. The second kappa shape index (κ2) is 7.93. The zero-order valence-electron chi connectivity index (χ0n) is 18.9. The van der Waals surface area contributed by atoms with Gasteiger partial charge in [0.1, 0.15) is 6.10 Å². The van der Waals surface area contributed by atoms with Gasteiger partial charge in [-0.15, -0.1) is 0 Å². The molecule has 7 heteroatoms. The van der Waals surface area contributed by atoms with Crippen molar-refractivity contribution in [3.8, 4) is 18.2 Å². The van der Waals surface area contributed by atoms with E-state index in [0.29, 0.717) is 11.1 Å². The van der Waals surface area contributed by atoms with Crippen LogP contribution in [0, 0.1) is 56.2 Å². The van der Waals surface area contributed by atoms with E-state index in [1.807, 2.05) is 54.6 Å². The number of fused-ring (bicyclic) bond motifs is 2. The van der Waals surface area contributed by atoms with Crippen LogP contribution >= 0.6 is 0 Å².